The van der Waals surface area contributed by atoms with Crippen molar-refractivity contribution in [2.45, 2.75) is 53.3 Å². The van der Waals surface area contributed by atoms with E-state index in [0.717, 1.165) is 0 Å². The molecule has 112 valence electrons. The van der Waals surface area contributed by atoms with Crippen LogP contribution in [0.4, 0.5) is 0 Å². The summed E-state index contributed by atoms with van der Waals surface area (Å²) in [7, 11) is -2.49. The van der Waals surface area contributed by atoms with Gasteiger partial charge in [-0.2, -0.15) is 0 Å². The number of nitrogens with zero attached hydrogens (tertiary/aromatic N) is 1. The van der Waals surface area contributed by atoms with E-state index in [1.54, 1.807) is 6.92 Å². The third-order valence-corrected chi connectivity index (χ3v) is 5.30. The molecule has 0 aliphatic carbocycles. The fourth-order valence-electron chi connectivity index (χ4n) is 1.80. The third kappa shape index (κ3) is 4.68. The summed E-state index contributed by atoms with van der Waals surface area (Å²) in [6.07, 6.45) is 2.00. The van der Waals surface area contributed by atoms with Gasteiger partial charge in [0.05, 0.1) is 6.20 Å². The molecule has 0 saturated heterocycles. The van der Waals surface area contributed by atoms with E-state index in [1.807, 2.05) is 33.9 Å². The maximum atomic E-state index is 12.3. The van der Waals surface area contributed by atoms with Gasteiger partial charge in [0.15, 0.2) is 12.0 Å². The van der Waals surface area contributed by atoms with Crippen molar-refractivity contribution < 1.29 is 18.4 Å². The summed E-state index contributed by atoms with van der Waals surface area (Å²) >= 11 is 0. The van der Waals surface area contributed by atoms with Gasteiger partial charge in [0, 0.05) is 6.42 Å². The van der Waals surface area contributed by atoms with Gasteiger partial charge in [-0.1, -0.05) is 20.8 Å². The van der Waals surface area contributed by atoms with Gasteiger partial charge in [-0.15, -0.1) is 0 Å². The van der Waals surface area contributed by atoms with Gasteiger partial charge in [-0.05, 0) is 25.4 Å². The first kappa shape index (κ1) is 16.8. The van der Waals surface area contributed by atoms with Crippen molar-refractivity contribution in [1.29, 1.82) is 0 Å². The van der Waals surface area contributed by atoms with Gasteiger partial charge in [-0.3, -0.25) is 4.79 Å². The van der Waals surface area contributed by atoms with E-state index in [9.17, 15) is 9.59 Å². The predicted molar refractivity (Wildman–Crippen MR) is 78.0 cm³/mol. The predicted octanol–water partition coefficient (Wildman–Crippen LogP) is 3.31. The summed E-state index contributed by atoms with van der Waals surface area (Å²) in [5.74, 6) is 0.493. The molecule has 1 aromatic heterocycles. The first-order chi connectivity index (χ1) is 9.05. The lowest BCUT2D eigenvalue weighted by atomic mass is 9.93. The van der Waals surface area contributed by atoms with Crippen LogP contribution in [-0.4, -0.2) is 25.0 Å². The molecule has 0 saturated carbocycles. The normalized spacial score (nSPS) is 14.1. The van der Waals surface area contributed by atoms with Gasteiger partial charge in [0.25, 0.3) is 8.32 Å². The Labute approximate surface area is 120 Å². The van der Waals surface area contributed by atoms with Gasteiger partial charge in [-0.25, -0.2) is 4.98 Å². The minimum atomic E-state index is -2.49. The van der Waals surface area contributed by atoms with Crippen molar-refractivity contribution >= 4 is 20.0 Å². The number of hydrogen-bond donors (Lipinski definition) is 0. The lowest BCUT2D eigenvalue weighted by Crippen LogP contribution is -2.43. The maximum Gasteiger partial charge on any atom is 0.259 e. The molecule has 5 nitrogen and oxygen atoms in total. The number of hydrogen-bond acceptors (Lipinski definition) is 5. The molecule has 0 bridgehead atoms. The van der Waals surface area contributed by atoms with Gasteiger partial charge in [0.1, 0.15) is 11.5 Å². The van der Waals surface area contributed by atoms with E-state index in [2.05, 4.69) is 4.98 Å². The van der Waals surface area contributed by atoms with Crippen LogP contribution >= 0.6 is 0 Å². The smallest absolute Gasteiger partial charge is 0.259 e. The molecule has 20 heavy (non-hydrogen) atoms. The van der Waals surface area contributed by atoms with Crippen LogP contribution in [0.1, 0.15) is 56.7 Å². The first-order valence-corrected chi connectivity index (χ1v) is 9.58. The summed E-state index contributed by atoms with van der Waals surface area (Å²) < 4.78 is 11.1. The Bertz CT molecular complexity index is 488. The average Bonchev–Trinajstić information content (AvgIpc) is 2.74. The topological polar surface area (TPSA) is 69.4 Å². The van der Waals surface area contributed by atoms with E-state index in [4.69, 9.17) is 8.84 Å². The molecular formula is C14H23NO4Si. The highest BCUT2D eigenvalue weighted by molar-refractivity contribution is 6.99. The Hall–Kier alpha value is -1.27. The molecule has 6 heteroatoms. The van der Waals surface area contributed by atoms with Crippen molar-refractivity contribution in [3.8, 4) is 0 Å². The molecule has 0 N–H and O–H groups in total. The van der Waals surface area contributed by atoms with Crippen LogP contribution < -0.4 is 0 Å². The van der Waals surface area contributed by atoms with Crippen molar-refractivity contribution in [1.82, 2.24) is 4.98 Å². The quantitative estimate of drug-likeness (QED) is 0.595. The molecule has 1 aromatic rings. The monoisotopic (exact) mass is 297 g/mol. The van der Waals surface area contributed by atoms with Gasteiger partial charge < -0.3 is 13.6 Å². The van der Waals surface area contributed by atoms with E-state index in [1.165, 1.54) is 6.20 Å². The van der Waals surface area contributed by atoms with Crippen LogP contribution in [0.15, 0.2) is 10.6 Å². The number of carbonyl (C=O) groups is 2. The number of rotatable bonds is 6. The molecule has 0 radical (unpaired) electrons. The molecule has 1 heterocycles. The SMILES string of the molecule is CC(O[Si](C)(C)C(=O)CC(C)(C)C)c1ncc(C=O)o1. The fourth-order valence-corrected chi connectivity index (χ4v) is 3.87. The van der Waals surface area contributed by atoms with Crippen molar-refractivity contribution in [2.24, 2.45) is 5.41 Å². The second-order valence-electron chi connectivity index (χ2n) is 6.65. The second-order valence-corrected chi connectivity index (χ2v) is 10.5. The largest absolute Gasteiger partial charge is 0.435 e. The molecule has 0 aliphatic heterocycles. The van der Waals surface area contributed by atoms with Crippen molar-refractivity contribution in [2.75, 3.05) is 0 Å². The summed E-state index contributed by atoms with van der Waals surface area (Å²) in [6, 6.07) is 0. The average molecular weight is 297 g/mol. The van der Waals surface area contributed by atoms with Gasteiger partial charge >= 0.3 is 0 Å². The van der Waals surface area contributed by atoms with Crippen LogP contribution in [-0.2, 0) is 9.22 Å². The van der Waals surface area contributed by atoms with Crippen LogP contribution in [0, 0.1) is 5.41 Å². The molecule has 1 atom stereocenters. The number of aldehydes is 1. The zero-order chi connectivity index (χ0) is 15.6. The highest BCUT2D eigenvalue weighted by Crippen LogP contribution is 2.26. The van der Waals surface area contributed by atoms with E-state index >= 15 is 0 Å². The zero-order valence-corrected chi connectivity index (χ0v) is 14.0. The summed E-state index contributed by atoms with van der Waals surface area (Å²) in [4.78, 5) is 26.9. The molecule has 0 aliphatic rings. The van der Waals surface area contributed by atoms with Crippen LogP contribution in [0.3, 0.4) is 0 Å². The van der Waals surface area contributed by atoms with E-state index < -0.39 is 14.4 Å². The van der Waals surface area contributed by atoms with E-state index in [-0.39, 0.29) is 16.6 Å². The molecule has 1 unspecified atom stereocenters. The Morgan fingerprint density at radius 2 is 2.10 bits per heavy atom. The lowest BCUT2D eigenvalue weighted by molar-refractivity contribution is -0.115. The standard InChI is InChI=1S/C14H23NO4Si/c1-10(13-15-8-11(9-16)18-13)19-20(5,6)12(17)7-14(2,3)4/h8-10H,7H2,1-6H3. The fraction of sp³-hybridized carbons (Fsp3) is 0.643. The molecule has 0 fully saturated rings. The van der Waals surface area contributed by atoms with Gasteiger partial charge in [0.2, 0.25) is 5.89 Å². The number of carbonyl (C=O) groups excluding carboxylic acids is 2. The van der Waals surface area contributed by atoms with Crippen LogP contribution in [0.2, 0.25) is 13.1 Å². The summed E-state index contributed by atoms with van der Waals surface area (Å²) in [5, 5.41) is 0.166. The third-order valence-electron chi connectivity index (χ3n) is 2.84. The Kier molecular flexibility index (Phi) is 5.04. The zero-order valence-electron chi connectivity index (χ0n) is 13.0. The Morgan fingerprint density at radius 3 is 2.55 bits per heavy atom. The minimum absolute atomic E-state index is 0.0540. The number of oxazole rings is 1. The van der Waals surface area contributed by atoms with Crippen molar-refractivity contribution in [3.05, 3.63) is 17.8 Å². The highest BCUT2D eigenvalue weighted by Gasteiger charge is 2.37. The minimum Gasteiger partial charge on any atom is -0.435 e. The van der Waals surface area contributed by atoms with Crippen molar-refractivity contribution in [3.63, 3.8) is 0 Å². The summed E-state index contributed by atoms with van der Waals surface area (Å²) in [5.41, 5.74) is -0.0540. The Morgan fingerprint density at radius 1 is 1.50 bits per heavy atom. The lowest BCUT2D eigenvalue weighted by Gasteiger charge is -2.27. The molecule has 0 amide bonds. The van der Waals surface area contributed by atoms with Crippen LogP contribution in [0.25, 0.3) is 0 Å². The second kappa shape index (κ2) is 6.01. The maximum absolute atomic E-state index is 12.3. The molecule has 1 rings (SSSR count). The first-order valence-electron chi connectivity index (χ1n) is 6.67. The highest BCUT2D eigenvalue weighted by atomic mass is 28.4. The summed E-state index contributed by atoms with van der Waals surface area (Å²) in [6.45, 7) is 11.6. The molecular weight excluding hydrogens is 274 g/mol. The van der Waals surface area contributed by atoms with Crippen LogP contribution in [0.5, 0.6) is 0 Å². The van der Waals surface area contributed by atoms with E-state index in [0.29, 0.717) is 18.6 Å². The molecule has 0 aromatic carbocycles. The number of aromatic nitrogens is 1. The Balaban J connectivity index is 2.74. The molecule has 0 spiro atoms.